The second-order valence-electron chi connectivity index (χ2n) is 5.55. The summed E-state index contributed by atoms with van der Waals surface area (Å²) in [6, 6.07) is 5.72. The van der Waals surface area contributed by atoms with Crippen LogP contribution in [0.2, 0.25) is 0 Å². The number of rotatable bonds is 6. The van der Waals surface area contributed by atoms with Gasteiger partial charge in [0.25, 0.3) is 5.91 Å². The quantitative estimate of drug-likeness (QED) is 0.396. The van der Waals surface area contributed by atoms with Crippen LogP contribution < -0.4 is 15.7 Å². The molecular weight excluding hydrogens is 358 g/mol. The van der Waals surface area contributed by atoms with Crippen molar-refractivity contribution in [2.75, 3.05) is 5.32 Å². The molecule has 1 aromatic heterocycles. The normalized spacial score (nSPS) is 10.3. The molecular formula is C18H17NO8. The van der Waals surface area contributed by atoms with E-state index in [1.165, 1.54) is 24.3 Å². The maximum Gasteiger partial charge on any atom is 0.353 e. The number of ether oxygens (including phenoxy) is 1. The fourth-order valence-electron chi connectivity index (χ4n) is 2.21. The monoisotopic (exact) mass is 375 g/mol. The molecule has 2 aromatic rings. The number of nitrogens with one attached hydrogen (secondary N) is 1. The minimum Gasteiger partial charge on any atom is -0.506 e. The molecule has 0 aliphatic heterocycles. The van der Waals surface area contributed by atoms with Gasteiger partial charge in [-0.25, -0.2) is 4.79 Å². The molecule has 2 rings (SSSR count). The summed E-state index contributed by atoms with van der Waals surface area (Å²) in [7, 11) is 0. The smallest absolute Gasteiger partial charge is 0.353 e. The molecule has 0 saturated heterocycles. The van der Waals surface area contributed by atoms with Crippen molar-refractivity contribution in [2.24, 2.45) is 0 Å². The third-order valence-electron chi connectivity index (χ3n) is 3.46. The van der Waals surface area contributed by atoms with Gasteiger partial charge in [-0.05, 0) is 37.6 Å². The number of carbonyl (C=O) groups is 3. The number of ketones is 1. The highest BCUT2D eigenvalue weighted by Gasteiger charge is 2.27. The Morgan fingerprint density at radius 2 is 1.74 bits per heavy atom. The number of hydrogen-bond donors (Lipinski definition) is 3. The number of aromatic hydroxyl groups is 2. The molecule has 142 valence electrons. The zero-order valence-corrected chi connectivity index (χ0v) is 14.6. The number of Topliss-reactive ketones (excluding diaryl/α,β-unsaturated/α-hetero) is 1. The minimum atomic E-state index is -1.26. The first-order chi connectivity index (χ1) is 12.7. The second-order valence-corrected chi connectivity index (χ2v) is 5.55. The minimum absolute atomic E-state index is 0.240. The summed E-state index contributed by atoms with van der Waals surface area (Å²) in [6.45, 7) is 2.84. The van der Waals surface area contributed by atoms with E-state index in [1.54, 1.807) is 0 Å². The van der Waals surface area contributed by atoms with Gasteiger partial charge in [0, 0.05) is 12.1 Å². The highest BCUT2D eigenvalue weighted by Crippen LogP contribution is 2.29. The fourth-order valence-corrected chi connectivity index (χ4v) is 2.21. The number of amides is 1. The van der Waals surface area contributed by atoms with Crippen molar-refractivity contribution < 1.29 is 33.8 Å². The van der Waals surface area contributed by atoms with Crippen molar-refractivity contribution in [3.8, 4) is 17.4 Å². The van der Waals surface area contributed by atoms with Gasteiger partial charge in [0.1, 0.15) is 11.3 Å². The molecule has 0 aliphatic carbocycles. The lowest BCUT2D eigenvalue weighted by molar-refractivity contribution is -0.134. The molecule has 0 fully saturated rings. The third-order valence-corrected chi connectivity index (χ3v) is 3.46. The van der Waals surface area contributed by atoms with Crippen molar-refractivity contribution in [1.82, 2.24) is 0 Å². The van der Waals surface area contributed by atoms with Crippen molar-refractivity contribution in [3.63, 3.8) is 0 Å². The summed E-state index contributed by atoms with van der Waals surface area (Å²) >= 11 is 0. The predicted octanol–water partition coefficient (Wildman–Crippen LogP) is 2.21. The van der Waals surface area contributed by atoms with Crippen LogP contribution in [0.1, 0.15) is 47.4 Å². The van der Waals surface area contributed by atoms with Gasteiger partial charge >= 0.3 is 17.5 Å². The third kappa shape index (κ3) is 4.51. The molecule has 0 aliphatic rings. The average Bonchev–Trinajstić information content (AvgIpc) is 2.55. The van der Waals surface area contributed by atoms with E-state index in [9.17, 15) is 29.4 Å². The highest BCUT2D eigenvalue weighted by atomic mass is 16.5. The average molecular weight is 375 g/mol. The molecule has 0 bridgehead atoms. The summed E-state index contributed by atoms with van der Waals surface area (Å²) in [5.74, 6) is -4.04. The molecule has 0 spiro atoms. The van der Waals surface area contributed by atoms with Crippen LogP contribution in [0.3, 0.4) is 0 Å². The van der Waals surface area contributed by atoms with E-state index >= 15 is 0 Å². The lowest BCUT2D eigenvalue weighted by Gasteiger charge is -2.10. The van der Waals surface area contributed by atoms with Crippen LogP contribution in [-0.4, -0.2) is 27.9 Å². The van der Waals surface area contributed by atoms with E-state index in [4.69, 9.17) is 4.74 Å². The molecule has 1 heterocycles. The van der Waals surface area contributed by atoms with Crippen LogP contribution in [0.4, 0.5) is 5.69 Å². The molecule has 9 nitrogen and oxygen atoms in total. The molecule has 0 atom stereocenters. The number of carbonyl (C=O) groups excluding carboxylic acids is 3. The second kappa shape index (κ2) is 8.17. The highest BCUT2D eigenvalue weighted by molar-refractivity contribution is 6.10. The Balaban J connectivity index is 2.23. The Morgan fingerprint density at radius 1 is 1.11 bits per heavy atom. The van der Waals surface area contributed by atoms with Gasteiger partial charge in [0.2, 0.25) is 0 Å². The fraction of sp³-hybridized carbons (Fsp3) is 0.222. The largest absolute Gasteiger partial charge is 0.506 e. The first-order valence-electron chi connectivity index (χ1n) is 7.96. The van der Waals surface area contributed by atoms with E-state index in [2.05, 4.69) is 9.73 Å². The van der Waals surface area contributed by atoms with E-state index in [1.807, 2.05) is 6.92 Å². The van der Waals surface area contributed by atoms with Crippen molar-refractivity contribution in [2.45, 2.75) is 26.7 Å². The lowest BCUT2D eigenvalue weighted by atomic mass is 10.1. The maximum absolute atomic E-state index is 12.3. The molecule has 27 heavy (non-hydrogen) atoms. The molecule has 0 unspecified atom stereocenters. The van der Waals surface area contributed by atoms with E-state index in [0.29, 0.717) is 6.42 Å². The van der Waals surface area contributed by atoms with Crippen LogP contribution in [0.15, 0.2) is 33.5 Å². The van der Waals surface area contributed by atoms with E-state index < -0.39 is 40.1 Å². The SMILES string of the molecule is CCCC(=O)Oc1ccc(NC(=O)c2c(O)oc(=O)c(C(C)=O)c2O)cc1. The van der Waals surface area contributed by atoms with Gasteiger partial charge in [-0.2, -0.15) is 0 Å². The van der Waals surface area contributed by atoms with Crippen LogP contribution >= 0.6 is 0 Å². The van der Waals surface area contributed by atoms with E-state index in [-0.39, 0.29) is 23.8 Å². The standard InChI is InChI=1S/C18H17NO8/c1-3-4-12(21)26-11-7-5-10(6-8-11)19-16(23)14-15(22)13(9(2)20)17(24)27-18(14)25/h5-8,22,25H,3-4H2,1-2H3,(H,19,23). The number of hydrogen-bond acceptors (Lipinski definition) is 8. The van der Waals surface area contributed by atoms with Crippen molar-refractivity contribution in [1.29, 1.82) is 0 Å². The topological polar surface area (TPSA) is 143 Å². The van der Waals surface area contributed by atoms with Gasteiger partial charge in [0.15, 0.2) is 17.1 Å². The van der Waals surface area contributed by atoms with Crippen molar-refractivity contribution >= 4 is 23.3 Å². The van der Waals surface area contributed by atoms with Crippen LogP contribution in [-0.2, 0) is 4.79 Å². The van der Waals surface area contributed by atoms with Gasteiger partial charge in [-0.1, -0.05) is 6.92 Å². The molecule has 1 aromatic carbocycles. The summed E-state index contributed by atoms with van der Waals surface area (Å²) in [5.41, 5.74) is -2.51. The Morgan fingerprint density at radius 3 is 2.30 bits per heavy atom. The Bertz CT molecular complexity index is 943. The predicted molar refractivity (Wildman–Crippen MR) is 93.3 cm³/mol. The summed E-state index contributed by atoms with van der Waals surface area (Å²) in [5, 5.41) is 22.0. The summed E-state index contributed by atoms with van der Waals surface area (Å²) < 4.78 is 9.50. The zero-order valence-electron chi connectivity index (χ0n) is 14.6. The van der Waals surface area contributed by atoms with E-state index in [0.717, 1.165) is 6.92 Å². The maximum atomic E-state index is 12.3. The Kier molecular flexibility index (Phi) is 5.96. The first kappa shape index (κ1) is 19.7. The van der Waals surface area contributed by atoms with Gasteiger partial charge in [-0.15, -0.1) is 0 Å². The molecule has 3 N–H and O–H groups in total. The van der Waals surface area contributed by atoms with Crippen LogP contribution in [0, 0.1) is 0 Å². The van der Waals surface area contributed by atoms with Crippen LogP contribution in [0.5, 0.6) is 17.4 Å². The number of anilines is 1. The lowest BCUT2D eigenvalue weighted by Crippen LogP contribution is -2.18. The number of benzene rings is 1. The molecule has 0 radical (unpaired) electrons. The van der Waals surface area contributed by atoms with Gasteiger partial charge in [0.05, 0.1) is 0 Å². The molecule has 0 saturated carbocycles. The molecule has 1 amide bonds. The zero-order chi connectivity index (χ0) is 20.1. The van der Waals surface area contributed by atoms with Gasteiger partial charge < -0.3 is 24.7 Å². The summed E-state index contributed by atoms with van der Waals surface area (Å²) in [6.07, 6.45) is 0.921. The first-order valence-corrected chi connectivity index (χ1v) is 7.96. The van der Waals surface area contributed by atoms with Gasteiger partial charge in [-0.3, -0.25) is 14.4 Å². The van der Waals surface area contributed by atoms with Crippen LogP contribution in [0.25, 0.3) is 0 Å². The molecule has 9 heteroatoms. The summed E-state index contributed by atoms with van der Waals surface area (Å²) in [4.78, 5) is 46.7. The van der Waals surface area contributed by atoms with Crippen molar-refractivity contribution in [3.05, 3.63) is 45.8 Å². The number of esters is 1. The Hall–Kier alpha value is -3.62. The Labute approximate surface area is 153 Å².